The van der Waals surface area contributed by atoms with Gasteiger partial charge in [-0.05, 0) is 172 Å². The Balaban J connectivity index is 0.000000196. The van der Waals surface area contributed by atoms with Crippen LogP contribution in [0.2, 0.25) is 0 Å². The Labute approximate surface area is 730 Å². The summed E-state index contributed by atoms with van der Waals surface area (Å²) in [6, 6.07) is 62.0. The van der Waals surface area contributed by atoms with Gasteiger partial charge >= 0.3 is 24.4 Å². The number of carbonyl (C=O) groups is 10. The van der Waals surface area contributed by atoms with Crippen molar-refractivity contribution in [1.29, 1.82) is 0 Å². The number of azide groups is 3. The number of ether oxygens (including phenoxy) is 6. The van der Waals surface area contributed by atoms with E-state index in [1.54, 1.807) is 0 Å². The van der Waals surface area contributed by atoms with Gasteiger partial charge in [-0.15, -0.1) is 0 Å². The number of hydrogen-bond acceptors (Lipinski definition) is 20. The number of amides is 6. The van der Waals surface area contributed by atoms with Crippen LogP contribution in [-0.4, -0.2) is 175 Å². The number of nitrogens with zero attached hydrogens (tertiary/aromatic N) is 9. The van der Waals surface area contributed by atoms with Crippen LogP contribution in [0.4, 0.5) is 19.2 Å². The van der Waals surface area contributed by atoms with Crippen molar-refractivity contribution < 1.29 is 76.4 Å². The predicted molar refractivity (Wildman–Crippen MR) is 476 cm³/mol. The maximum absolute atomic E-state index is 12.6. The molecule has 12 rings (SSSR count). The summed E-state index contributed by atoms with van der Waals surface area (Å²) in [5, 5.41) is 26.1. The van der Waals surface area contributed by atoms with Crippen LogP contribution >= 0.6 is 12.6 Å². The predicted octanol–water partition coefficient (Wildman–Crippen LogP) is 16.6. The number of nitrogens with one attached hydrogen (secondary N) is 6. The molecule has 31 nitrogen and oxygen atoms in total. The number of carbonyl (C=O) groups excluding carboxylic acids is 10. The van der Waals surface area contributed by atoms with Crippen LogP contribution in [0.25, 0.3) is 75.8 Å². The summed E-state index contributed by atoms with van der Waals surface area (Å²) in [5.41, 5.74) is 43.1. The summed E-state index contributed by atoms with van der Waals surface area (Å²) < 4.78 is 32.4. The van der Waals surface area contributed by atoms with Crippen molar-refractivity contribution in [3.8, 4) is 44.5 Å². The number of Topliss-reactive ketones (excluding diaryl/α,β-unsaturated/α-hetero) is 4. The molecule has 32 heteroatoms. The molecule has 8 aromatic rings. The van der Waals surface area contributed by atoms with Crippen LogP contribution < -0.4 is 31.9 Å². The molecule has 0 unspecified atom stereocenters. The number of fused-ring (bicyclic) bond motifs is 12. The van der Waals surface area contributed by atoms with Gasteiger partial charge < -0.3 is 60.3 Å². The fourth-order valence-corrected chi connectivity index (χ4v) is 15.5. The third kappa shape index (κ3) is 28.6. The fourth-order valence-electron chi connectivity index (χ4n) is 15.2. The molecule has 0 aliphatic heterocycles. The zero-order valence-electron chi connectivity index (χ0n) is 70.4. The van der Waals surface area contributed by atoms with Crippen LogP contribution in [0.5, 0.6) is 0 Å². The third-order valence-electron chi connectivity index (χ3n) is 21.5. The largest absolute Gasteiger partial charge is 0.449 e. The topological polar surface area (TPSA) is 445 Å². The molecular formula is C93H105N15O16S. The molecule has 0 bridgehead atoms. The highest BCUT2D eigenvalue weighted by molar-refractivity contribution is 7.80. The Morgan fingerprint density at radius 1 is 0.336 bits per heavy atom. The molecule has 6 N–H and O–H groups in total. The molecule has 4 aliphatic carbocycles. The van der Waals surface area contributed by atoms with Gasteiger partial charge in [-0.3, -0.25) is 28.8 Å². The molecule has 0 spiro atoms. The van der Waals surface area contributed by atoms with Crippen molar-refractivity contribution >= 4 is 71.9 Å². The zero-order chi connectivity index (χ0) is 89.2. The Kier molecular flexibility index (Phi) is 38.9. The monoisotopic (exact) mass is 1720 g/mol. The molecule has 6 amide bonds. The van der Waals surface area contributed by atoms with E-state index in [0.717, 1.165) is 66.8 Å². The molecule has 4 aliphatic rings. The average molecular weight is 1720 g/mol. The van der Waals surface area contributed by atoms with Gasteiger partial charge in [0.15, 0.2) is 23.1 Å². The second kappa shape index (κ2) is 50.9. The number of unbranched alkanes of at least 4 members (excludes halogenated alkanes) is 2. The van der Waals surface area contributed by atoms with Crippen LogP contribution in [0.15, 0.2) is 209 Å². The van der Waals surface area contributed by atoms with Crippen molar-refractivity contribution in [2.45, 2.75) is 133 Å². The van der Waals surface area contributed by atoms with Crippen molar-refractivity contribution in [3.63, 3.8) is 0 Å². The first kappa shape index (κ1) is 95.5. The summed E-state index contributed by atoms with van der Waals surface area (Å²) in [4.78, 5) is 128. The molecule has 0 saturated heterocycles. The van der Waals surface area contributed by atoms with Gasteiger partial charge in [0.2, 0.25) is 11.8 Å². The Morgan fingerprint density at radius 2 is 0.616 bits per heavy atom. The molecule has 0 aromatic heterocycles. The first-order valence-corrected chi connectivity index (χ1v) is 42.2. The molecule has 0 heterocycles. The lowest BCUT2D eigenvalue weighted by Gasteiger charge is -2.18. The first-order chi connectivity index (χ1) is 60.7. The summed E-state index contributed by atoms with van der Waals surface area (Å²) in [6.45, 7) is 9.14. The van der Waals surface area contributed by atoms with E-state index in [9.17, 15) is 47.9 Å². The molecule has 8 aromatic carbocycles. The van der Waals surface area contributed by atoms with Crippen molar-refractivity contribution in [3.05, 3.63) is 270 Å². The highest BCUT2D eigenvalue weighted by atomic mass is 32.1. The second-order valence-electron chi connectivity index (χ2n) is 29.8. The molecule has 125 heavy (non-hydrogen) atoms. The molecular weight excluding hydrogens is 1620 g/mol. The molecule has 0 fully saturated rings. The molecule has 654 valence electrons. The molecule has 0 radical (unpaired) electrons. The van der Waals surface area contributed by atoms with E-state index in [4.69, 9.17) is 45.0 Å². The smallest absolute Gasteiger partial charge is 0.407 e. The van der Waals surface area contributed by atoms with Gasteiger partial charge in [0.25, 0.3) is 0 Å². The van der Waals surface area contributed by atoms with Gasteiger partial charge in [-0.2, -0.15) is 12.6 Å². The van der Waals surface area contributed by atoms with Crippen molar-refractivity contribution in [1.82, 2.24) is 31.9 Å². The van der Waals surface area contributed by atoms with E-state index in [0.29, 0.717) is 91.0 Å². The number of alkyl carbamates (subject to hydrolysis) is 4. The van der Waals surface area contributed by atoms with E-state index < -0.39 is 48.5 Å². The third-order valence-corrected chi connectivity index (χ3v) is 21.8. The summed E-state index contributed by atoms with van der Waals surface area (Å²) in [7, 11) is 0. The normalized spacial score (nSPS) is 12.9. The minimum absolute atomic E-state index is 0.00919. The van der Waals surface area contributed by atoms with Gasteiger partial charge in [0.1, 0.15) is 26.4 Å². The van der Waals surface area contributed by atoms with Gasteiger partial charge in [0, 0.05) is 83.2 Å². The first-order valence-electron chi connectivity index (χ1n) is 41.5. The maximum Gasteiger partial charge on any atom is 0.407 e. The molecule has 4 atom stereocenters. The minimum atomic E-state index is -0.887. The van der Waals surface area contributed by atoms with Crippen molar-refractivity contribution in [2.75, 3.05) is 91.3 Å². The summed E-state index contributed by atoms with van der Waals surface area (Å²) >= 11 is 4.07. The second-order valence-corrected chi connectivity index (χ2v) is 30.2. The van der Waals surface area contributed by atoms with E-state index in [1.165, 1.54) is 49.9 Å². The van der Waals surface area contributed by atoms with E-state index in [1.807, 2.05) is 121 Å². The lowest BCUT2D eigenvalue weighted by atomic mass is 9.98. The summed E-state index contributed by atoms with van der Waals surface area (Å²) in [6.07, 6.45) is 1.90. The standard InChI is InChI=1S/C33H44N6O7.C22H24N4O3.C19H18N4O3.C19H19NO3S/c1-24(40)30(38-33(43)46-23-29-27-11-4-2-9-25(27)26-10-3-5-12-28(26)29)13-6-7-16-35-31(41)14-8-15-32(42)36-17-19-44-21-22-45-20-18-37-39-34;1-15(27)21(12-6-7-13-24-26-23)25-22(28)29-14-20-18-10-4-2-8-16(18)17-9-3-5-11-19(17)20;1-12(24)18(10-21-23-20)22-19(25)26-11-17-15-8-4-2-6-13(15)14-7-3-5-9-16(14)17;1-12(21)18(11-24)20-19(22)23-10-17-15-8-4-2-6-13(15)14-7-3-5-9-16(14)17/h2-5,9-12,29-30H,6-8,13-23H2,1H3,(H,35,41)(H,36,42)(H,38,43);2-5,8-11,20-21H,6-7,12-14H2,1H3,(H,25,28);2-9,17-18H,10-11H2,1H3,(H,22,25);2-9,17-18,24H,10-11H2,1H3,(H,20,22)/t30-;21-;2*18-/m0000/s1. The maximum atomic E-state index is 12.6. The number of thiol groups is 1. The van der Waals surface area contributed by atoms with Gasteiger partial charge in [0.05, 0.1) is 57.1 Å². The molecule has 0 saturated carbocycles. The number of benzene rings is 8. The van der Waals surface area contributed by atoms with E-state index >= 15 is 0 Å². The lowest BCUT2D eigenvalue weighted by molar-refractivity contribution is -0.123. The number of rotatable bonds is 42. The van der Waals surface area contributed by atoms with Crippen LogP contribution in [0.1, 0.15) is 154 Å². The zero-order valence-corrected chi connectivity index (χ0v) is 71.3. The van der Waals surface area contributed by atoms with Crippen molar-refractivity contribution in [2.24, 2.45) is 15.3 Å². The fraction of sp³-hybridized carbons (Fsp3) is 0.376. The Bertz CT molecular complexity index is 5030. The van der Waals surface area contributed by atoms with E-state index in [-0.39, 0.29) is 117 Å². The SMILES string of the molecule is CC(=O)[C@H](CCCCN=[N+]=[N-])NC(=O)OCC1c2ccccc2-c2ccccc21.CC(=O)[C@H](CCCCNC(=O)CCCC(=O)NCCOCCOCCN=[N+]=[N-])NC(=O)OCC1c2ccccc2-c2ccccc21.CC(=O)[C@H](CN=[N+]=[N-])NC(=O)OCC1c2ccccc2-c2ccccc21.CC(=O)[C@H](CS)NC(=O)OCC1c2ccccc2-c2ccccc21. The highest BCUT2D eigenvalue weighted by Crippen LogP contribution is 2.48. The summed E-state index contributed by atoms with van der Waals surface area (Å²) in [5.74, 6) is -0.894. The Hall–Kier alpha value is -13.3. The quantitative estimate of drug-likeness (QED) is 0.00467. The number of hydrogen-bond donors (Lipinski definition) is 7. The van der Waals surface area contributed by atoms with E-state index in [2.05, 4.69) is 147 Å². The lowest BCUT2D eigenvalue weighted by Crippen LogP contribution is -2.42. The number of ketones is 4. The highest BCUT2D eigenvalue weighted by Gasteiger charge is 2.35. The average Bonchev–Trinajstić information content (AvgIpc) is 1.64. The van der Waals surface area contributed by atoms with Crippen LogP contribution in [0.3, 0.4) is 0 Å². The van der Waals surface area contributed by atoms with Gasteiger partial charge in [-0.25, -0.2) is 19.2 Å². The van der Waals surface area contributed by atoms with Gasteiger partial charge in [-0.1, -0.05) is 216 Å². The van der Waals surface area contributed by atoms with Crippen LogP contribution in [-0.2, 0) is 57.2 Å². The van der Waals surface area contributed by atoms with Crippen LogP contribution in [0, 0.1) is 0 Å². The Morgan fingerprint density at radius 3 is 0.928 bits per heavy atom. The minimum Gasteiger partial charge on any atom is -0.449 e.